The minimum Gasteiger partial charge on any atom is -0.489 e. The molecule has 2 N–H and O–H groups in total. The van der Waals surface area contributed by atoms with E-state index in [1.54, 1.807) is 57.2 Å². The van der Waals surface area contributed by atoms with Gasteiger partial charge in [0, 0.05) is 6.54 Å². The van der Waals surface area contributed by atoms with Crippen LogP contribution in [0.1, 0.15) is 31.1 Å². The number of sulfonamides is 1. The van der Waals surface area contributed by atoms with E-state index in [0.29, 0.717) is 5.75 Å². The number of benzene rings is 2. The van der Waals surface area contributed by atoms with Crippen LogP contribution in [0.25, 0.3) is 11.1 Å². The van der Waals surface area contributed by atoms with Crippen molar-refractivity contribution >= 4 is 16.0 Å². The Labute approximate surface area is 153 Å². The van der Waals surface area contributed by atoms with Gasteiger partial charge in [0.05, 0.1) is 10.8 Å². The van der Waals surface area contributed by atoms with E-state index in [1.807, 2.05) is 12.1 Å². The molecule has 0 saturated carbocycles. The number of carboxylic acid groups (broad SMARTS) is 1. The molecule has 0 aliphatic rings. The molecule has 140 valence electrons. The zero-order valence-corrected chi connectivity index (χ0v) is 15.8. The van der Waals surface area contributed by atoms with Crippen molar-refractivity contribution in [1.29, 1.82) is 0 Å². The van der Waals surface area contributed by atoms with Gasteiger partial charge in [0.1, 0.15) is 11.9 Å². The number of hydrogen-bond donors (Lipinski definition) is 2. The van der Waals surface area contributed by atoms with E-state index in [0.717, 1.165) is 11.1 Å². The number of hydrogen-bond acceptors (Lipinski definition) is 4. The lowest BCUT2D eigenvalue weighted by Crippen LogP contribution is -2.37. The SMILES string of the molecule is CC(CNS(=O)(=O)C(C)C)Oc1ccc(-c2ccc(C(=O)O)cc2)cc1. The Morgan fingerprint density at radius 3 is 1.96 bits per heavy atom. The van der Waals surface area contributed by atoms with Gasteiger partial charge >= 0.3 is 5.97 Å². The van der Waals surface area contributed by atoms with Crippen molar-refractivity contribution in [1.82, 2.24) is 4.72 Å². The Morgan fingerprint density at radius 2 is 1.50 bits per heavy atom. The number of aromatic carboxylic acids is 1. The lowest BCUT2D eigenvalue weighted by molar-refractivity contribution is 0.0697. The standard InChI is InChI=1S/C19H23NO5S/c1-13(2)26(23,24)20-12-14(3)25-18-10-8-16(9-11-18)15-4-6-17(7-5-15)19(21)22/h4-11,13-14,20H,12H2,1-3H3,(H,21,22). The fourth-order valence-electron chi connectivity index (χ4n) is 2.21. The van der Waals surface area contributed by atoms with Crippen LogP contribution in [-0.2, 0) is 10.0 Å². The largest absolute Gasteiger partial charge is 0.489 e. The van der Waals surface area contributed by atoms with E-state index >= 15 is 0 Å². The fraction of sp³-hybridized carbons (Fsp3) is 0.316. The Hall–Kier alpha value is -2.38. The van der Waals surface area contributed by atoms with Crippen LogP contribution in [0.3, 0.4) is 0 Å². The highest BCUT2D eigenvalue weighted by atomic mass is 32.2. The molecule has 2 aromatic carbocycles. The summed E-state index contributed by atoms with van der Waals surface area (Å²) in [6, 6.07) is 14.0. The summed E-state index contributed by atoms with van der Waals surface area (Å²) in [6.45, 7) is 5.23. The molecule has 0 radical (unpaired) electrons. The summed E-state index contributed by atoms with van der Waals surface area (Å²) in [5.41, 5.74) is 2.08. The average Bonchev–Trinajstić information content (AvgIpc) is 2.61. The molecule has 6 nitrogen and oxygen atoms in total. The molecule has 0 spiro atoms. The number of carbonyl (C=O) groups is 1. The third kappa shape index (κ3) is 5.31. The molecule has 2 aromatic rings. The molecule has 26 heavy (non-hydrogen) atoms. The molecule has 1 unspecified atom stereocenters. The second-order valence-corrected chi connectivity index (χ2v) is 8.60. The molecule has 0 fully saturated rings. The van der Waals surface area contributed by atoms with E-state index in [2.05, 4.69) is 4.72 Å². The van der Waals surface area contributed by atoms with Crippen LogP contribution in [0.4, 0.5) is 0 Å². The van der Waals surface area contributed by atoms with Gasteiger partial charge in [0.2, 0.25) is 10.0 Å². The van der Waals surface area contributed by atoms with E-state index in [9.17, 15) is 13.2 Å². The van der Waals surface area contributed by atoms with Crippen molar-refractivity contribution in [2.75, 3.05) is 6.54 Å². The zero-order valence-electron chi connectivity index (χ0n) is 15.0. The predicted molar refractivity (Wildman–Crippen MR) is 101 cm³/mol. The van der Waals surface area contributed by atoms with Crippen LogP contribution >= 0.6 is 0 Å². The molecule has 0 saturated heterocycles. The summed E-state index contributed by atoms with van der Waals surface area (Å²) in [7, 11) is -3.31. The van der Waals surface area contributed by atoms with E-state index in [4.69, 9.17) is 9.84 Å². The van der Waals surface area contributed by atoms with Crippen LogP contribution in [0.2, 0.25) is 0 Å². The summed E-state index contributed by atoms with van der Waals surface area (Å²) < 4.78 is 31.8. The third-order valence-electron chi connectivity index (χ3n) is 3.85. The Balaban J connectivity index is 1.97. The quantitative estimate of drug-likeness (QED) is 0.737. The van der Waals surface area contributed by atoms with E-state index in [1.165, 1.54) is 0 Å². The molecule has 7 heteroatoms. The Bertz CT molecular complexity index is 843. The smallest absolute Gasteiger partial charge is 0.335 e. The summed E-state index contributed by atoms with van der Waals surface area (Å²) in [6.07, 6.45) is -0.316. The Morgan fingerprint density at radius 1 is 1.00 bits per heavy atom. The highest BCUT2D eigenvalue weighted by Gasteiger charge is 2.16. The summed E-state index contributed by atoms with van der Waals surface area (Å²) in [5, 5.41) is 8.45. The minimum atomic E-state index is -3.31. The van der Waals surface area contributed by atoms with Gasteiger partial charge in [-0.05, 0) is 56.2 Å². The first kappa shape index (κ1) is 19.9. The normalized spacial score (nSPS) is 12.8. The monoisotopic (exact) mass is 377 g/mol. The second-order valence-electron chi connectivity index (χ2n) is 6.28. The van der Waals surface area contributed by atoms with Crippen LogP contribution < -0.4 is 9.46 Å². The minimum absolute atomic E-state index is 0.193. The fourth-order valence-corrected chi connectivity index (χ4v) is 3.01. The average molecular weight is 377 g/mol. The molecular weight excluding hydrogens is 354 g/mol. The topological polar surface area (TPSA) is 92.7 Å². The molecule has 0 aliphatic heterocycles. The highest BCUT2D eigenvalue weighted by Crippen LogP contribution is 2.23. The van der Waals surface area contributed by atoms with Gasteiger partial charge in [0.25, 0.3) is 0 Å². The number of nitrogens with one attached hydrogen (secondary N) is 1. The van der Waals surface area contributed by atoms with E-state index < -0.39 is 21.2 Å². The molecule has 0 aromatic heterocycles. The van der Waals surface area contributed by atoms with Crippen molar-refractivity contribution in [2.24, 2.45) is 0 Å². The molecule has 0 amide bonds. The van der Waals surface area contributed by atoms with Crippen LogP contribution in [0, 0.1) is 0 Å². The van der Waals surface area contributed by atoms with Gasteiger partial charge < -0.3 is 9.84 Å². The molecule has 2 rings (SSSR count). The van der Waals surface area contributed by atoms with Crippen LogP contribution in [0.15, 0.2) is 48.5 Å². The molecule has 1 atom stereocenters. The molecule has 0 aliphatic carbocycles. The van der Waals surface area contributed by atoms with Gasteiger partial charge in [-0.2, -0.15) is 0 Å². The number of rotatable bonds is 8. The first-order chi connectivity index (χ1) is 12.2. The second kappa shape index (κ2) is 8.33. The third-order valence-corrected chi connectivity index (χ3v) is 5.66. The number of ether oxygens (including phenoxy) is 1. The summed E-state index contributed by atoms with van der Waals surface area (Å²) >= 11 is 0. The molecular formula is C19H23NO5S. The predicted octanol–water partition coefficient (Wildman–Crippen LogP) is 3.15. The van der Waals surface area contributed by atoms with Crippen molar-refractivity contribution in [3.63, 3.8) is 0 Å². The maximum atomic E-state index is 11.8. The maximum Gasteiger partial charge on any atom is 0.335 e. The van der Waals surface area contributed by atoms with E-state index in [-0.39, 0.29) is 18.2 Å². The number of carboxylic acids is 1. The van der Waals surface area contributed by atoms with Gasteiger partial charge in [-0.1, -0.05) is 24.3 Å². The Kier molecular flexibility index (Phi) is 6.39. The van der Waals surface area contributed by atoms with Crippen molar-refractivity contribution in [3.8, 4) is 16.9 Å². The van der Waals surface area contributed by atoms with Gasteiger partial charge in [-0.3, -0.25) is 0 Å². The lowest BCUT2D eigenvalue weighted by atomic mass is 10.0. The zero-order chi connectivity index (χ0) is 19.3. The van der Waals surface area contributed by atoms with Crippen molar-refractivity contribution in [2.45, 2.75) is 32.1 Å². The van der Waals surface area contributed by atoms with Crippen molar-refractivity contribution in [3.05, 3.63) is 54.1 Å². The summed E-state index contributed by atoms with van der Waals surface area (Å²) in [4.78, 5) is 10.9. The van der Waals surface area contributed by atoms with Crippen LogP contribution in [0.5, 0.6) is 5.75 Å². The van der Waals surface area contributed by atoms with Gasteiger partial charge in [-0.25, -0.2) is 17.9 Å². The van der Waals surface area contributed by atoms with Crippen LogP contribution in [-0.4, -0.2) is 37.4 Å². The first-order valence-corrected chi connectivity index (χ1v) is 9.82. The highest BCUT2D eigenvalue weighted by molar-refractivity contribution is 7.90. The molecule has 0 bridgehead atoms. The van der Waals surface area contributed by atoms with Gasteiger partial charge in [-0.15, -0.1) is 0 Å². The molecule has 0 heterocycles. The summed E-state index contributed by atoms with van der Waals surface area (Å²) in [5.74, 6) is -0.325. The first-order valence-electron chi connectivity index (χ1n) is 8.28. The van der Waals surface area contributed by atoms with Gasteiger partial charge in [0.15, 0.2) is 0 Å². The maximum absolute atomic E-state index is 11.8. The lowest BCUT2D eigenvalue weighted by Gasteiger charge is -2.17. The van der Waals surface area contributed by atoms with Crippen molar-refractivity contribution < 1.29 is 23.1 Å².